The Labute approximate surface area is 105 Å². The minimum Gasteiger partial charge on any atom is -0.456 e. The van der Waals surface area contributed by atoms with Crippen molar-refractivity contribution in [3.05, 3.63) is 12.2 Å². The predicted molar refractivity (Wildman–Crippen MR) is 69.9 cm³/mol. The second-order valence-electron chi connectivity index (χ2n) is 5.68. The van der Waals surface area contributed by atoms with Crippen LogP contribution in [0.1, 0.15) is 54.4 Å². The van der Waals surface area contributed by atoms with E-state index in [1.807, 2.05) is 34.6 Å². The number of carbonyl (C=O) groups excluding carboxylic acids is 1. The molecular weight excluding hydrogens is 216 g/mol. The molecule has 0 fully saturated rings. The number of esters is 1. The maximum Gasteiger partial charge on any atom is 0.333 e. The van der Waals surface area contributed by atoms with Gasteiger partial charge in [-0.2, -0.15) is 0 Å². The van der Waals surface area contributed by atoms with Gasteiger partial charge < -0.3 is 9.47 Å². The highest BCUT2D eigenvalue weighted by Gasteiger charge is 2.27. The van der Waals surface area contributed by atoms with Gasteiger partial charge in [-0.05, 0) is 41.0 Å². The average Bonchev–Trinajstić information content (AvgIpc) is 2.15. The van der Waals surface area contributed by atoms with Crippen LogP contribution in [0, 0.1) is 0 Å². The van der Waals surface area contributed by atoms with Crippen molar-refractivity contribution in [3.63, 3.8) is 0 Å². The molecule has 0 aromatic carbocycles. The maximum absolute atomic E-state index is 11.5. The molecule has 0 amide bonds. The highest BCUT2D eigenvalue weighted by Crippen LogP contribution is 2.22. The molecule has 0 aliphatic heterocycles. The summed E-state index contributed by atoms with van der Waals surface area (Å²) < 4.78 is 11.1. The van der Waals surface area contributed by atoms with Crippen molar-refractivity contribution in [2.75, 3.05) is 6.61 Å². The number of hydrogen-bond donors (Lipinski definition) is 0. The molecule has 0 rings (SSSR count). The predicted octanol–water partition coefficient (Wildman–Crippen LogP) is 3.48. The molecule has 0 aliphatic carbocycles. The van der Waals surface area contributed by atoms with E-state index in [0.717, 1.165) is 6.42 Å². The van der Waals surface area contributed by atoms with Gasteiger partial charge >= 0.3 is 5.97 Å². The lowest BCUT2D eigenvalue weighted by atomic mass is 9.99. The Balaban J connectivity index is 4.29. The van der Waals surface area contributed by atoms with E-state index >= 15 is 0 Å². The Bertz CT molecular complexity index is 276. The molecule has 3 nitrogen and oxygen atoms in total. The van der Waals surface area contributed by atoms with Gasteiger partial charge in [-0.3, -0.25) is 0 Å². The van der Waals surface area contributed by atoms with Gasteiger partial charge in [-0.25, -0.2) is 4.79 Å². The largest absolute Gasteiger partial charge is 0.456 e. The summed E-state index contributed by atoms with van der Waals surface area (Å²) >= 11 is 0. The van der Waals surface area contributed by atoms with Gasteiger partial charge in [-0.1, -0.05) is 13.5 Å². The second-order valence-corrected chi connectivity index (χ2v) is 5.68. The summed E-state index contributed by atoms with van der Waals surface area (Å²) in [6, 6.07) is 0. The van der Waals surface area contributed by atoms with Crippen LogP contribution < -0.4 is 0 Å². The van der Waals surface area contributed by atoms with E-state index in [1.165, 1.54) is 0 Å². The van der Waals surface area contributed by atoms with Gasteiger partial charge in [0.25, 0.3) is 0 Å². The molecule has 1 atom stereocenters. The molecule has 0 saturated heterocycles. The lowest BCUT2D eigenvalue weighted by Crippen LogP contribution is -2.34. The van der Waals surface area contributed by atoms with E-state index in [9.17, 15) is 4.79 Å². The van der Waals surface area contributed by atoms with Crippen LogP contribution in [-0.4, -0.2) is 23.8 Å². The van der Waals surface area contributed by atoms with Crippen LogP contribution in [0.15, 0.2) is 12.2 Å². The summed E-state index contributed by atoms with van der Waals surface area (Å²) in [5, 5.41) is 0. The van der Waals surface area contributed by atoms with Crippen molar-refractivity contribution < 1.29 is 14.3 Å². The van der Waals surface area contributed by atoms with Gasteiger partial charge in [0.05, 0.1) is 12.2 Å². The van der Waals surface area contributed by atoms with Gasteiger partial charge in [-0.15, -0.1) is 0 Å². The minimum atomic E-state index is -0.471. The normalized spacial score (nSPS) is 15.2. The molecule has 0 radical (unpaired) electrons. The Morgan fingerprint density at radius 2 is 1.76 bits per heavy atom. The van der Waals surface area contributed by atoms with Crippen LogP contribution in [0.3, 0.4) is 0 Å². The Morgan fingerprint density at radius 3 is 2.12 bits per heavy atom. The van der Waals surface area contributed by atoms with Crippen LogP contribution >= 0.6 is 0 Å². The first kappa shape index (κ1) is 16.2. The summed E-state index contributed by atoms with van der Waals surface area (Å²) in [6.07, 6.45) is 1.46. The monoisotopic (exact) mass is 242 g/mol. The summed E-state index contributed by atoms with van der Waals surface area (Å²) in [4.78, 5) is 11.5. The van der Waals surface area contributed by atoms with Crippen molar-refractivity contribution in [3.8, 4) is 0 Å². The van der Waals surface area contributed by atoms with Crippen LogP contribution in [0.4, 0.5) is 0 Å². The molecule has 0 aromatic rings. The Kier molecular flexibility index (Phi) is 5.89. The van der Waals surface area contributed by atoms with Gasteiger partial charge in [0.2, 0.25) is 0 Å². The van der Waals surface area contributed by atoms with Gasteiger partial charge in [0.1, 0.15) is 5.60 Å². The minimum absolute atomic E-state index is 0.160. The second kappa shape index (κ2) is 6.20. The Morgan fingerprint density at radius 1 is 1.24 bits per heavy atom. The molecule has 3 heteroatoms. The molecule has 0 bridgehead atoms. The molecule has 0 aliphatic rings. The van der Waals surface area contributed by atoms with Crippen LogP contribution in [0.2, 0.25) is 0 Å². The van der Waals surface area contributed by atoms with Crippen molar-refractivity contribution in [2.24, 2.45) is 0 Å². The third kappa shape index (κ3) is 7.16. The topological polar surface area (TPSA) is 35.5 Å². The van der Waals surface area contributed by atoms with E-state index in [-0.39, 0.29) is 11.6 Å². The summed E-state index contributed by atoms with van der Waals surface area (Å²) in [6.45, 7) is 15.8. The van der Waals surface area contributed by atoms with Crippen LogP contribution in [0.5, 0.6) is 0 Å². The van der Waals surface area contributed by atoms with Crippen molar-refractivity contribution in [1.82, 2.24) is 0 Å². The smallest absolute Gasteiger partial charge is 0.333 e. The highest BCUT2D eigenvalue weighted by molar-refractivity contribution is 5.87. The standard InChI is InChI=1S/C14H26O3/c1-8-14(7,17-12(15)11(2)3)9-10-16-13(4,5)6/h2,8-10H2,1,3-7H3. The number of rotatable bonds is 6. The van der Waals surface area contributed by atoms with E-state index in [1.54, 1.807) is 6.92 Å². The SMILES string of the molecule is C=C(C)C(=O)OC(C)(CC)CCOC(C)(C)C. The maximum atomic E-state index is 11.5. The number of ether oxygens (including phenoxy) is 2. The lowest BCUT2D eigenvalue weighted by molar-refractivity contribution is -0.156. The molecule has 17 heavy (non-hydrogen) atoms. The van der Waals surface area contributed by atoms with Crippen molar-refractivity contribution >= 4 is 5.97 Å². The fourth-order valence-electron chi connectivity index (χ4n) is 1.18. The lowest BCUT2D eigenvalue weighted by Gasteiger charge is -2.30. The first-order valence-corrected chi connectivity index (χ1v) is 6.12. The molecule has 100 valence electrons. The molecular formula is C14H26O3. The average molecular weight is 242 g/mol. The molecule has 0 aromatic heterocycles. The van der Waals surface area contributed by atoms with Crippen molar-refractivity contribution in [2.45, 2.75) is 65.6 Å². The zero-order valence-electron chi connectivity index (χ0n) is 12.1. The van der Waals surface area contributed by atoms with Crippen molar-refractivity contribution in [1.29, 1.82) is 0 Å². The fraction of sp³-hybridized carbons (Fsp3) is 0.786. The van der Waals surface area contributed by atoms with E-state index in [4.69, 9.17) is 9.47 Å². The first-order chi connectivity index (χ1) is 7.59. The van der Waals surface area contributed by atoms with Gasteiger partial charge in [0.15, 0.2) is 0 Å². The summed E-state index contributed by atoms with van der Waals surface area (Å²) in [7, 11) is 0. The third-order valence-corrected chi connectivity index (χ3v) is 2.60. The third-order valence-electron chi connectivity index (χ3n) is 2.60. The highest BCUT2D eigenvalue weighted by atomic mass is 16.6. The van der Waals surface area contributed by atoms with E-state index < -0.39 is 5.60 Å². The summed E-state index contributed by atoms with van der Waals surface area (Å²) in [5.41, 5.74) is -0.199. The zero-order valence-corrected chi connectivity index (χ0v) is 12.1. The van der Waals surface area contributed by atoms with Gasteiger partial charge in [0, 0.05) is 12.0 Å². The zero-order chi connectivity index (χ0) is 13.7. The first-order valence-electron chi connectivity index (χ1n) is 6.12. The van der Waals surface area contributed by atoms with Crippen LogP contribution in [-0.2, 0) is 14.3 Å². The van der Waals surface area contributed by atoms with Crippen LogP contribution in [0.25, 0.3) is 0 Å². The van der Waals surface area contributed by atoms with E-state index in [2.05, 4.69) is 6.58 Å². The molecule has 0 spiro atoms. The molecule has 0 heterocycles. The summed E-state index contributed by atoms with van der Waals surface area (Å²) in [5.74, 6) is -0.329. The fourth-order valence-corrected chi connectivity index (χ4v) is 1.18. The molecule has 0 saturated carbocycles. The number of hydrogen-bond acceptors (Lipinski definition) is 3. The number of carbonyl (C=O) groups is 1. The molecule has 0 N–H and O–H groups in total. The molecule has 1 unspecified atom stereocenters. The van der Waals surface area contributed by atoms with E-state index in [0.29, 0.717) is 18.6 Å². The quantitative estimate of drug-likeness (QED) is 0.528. The Hall–Kier alpha value is -0.830.